The highest BCUT2D eigenvalue weighted by molar-refractivity contribution is 5.83. The number of aromatic nitrogens is 8. The number of likely N-dealkylation sites (tertiary alicyclic amines) is 2. The van der Waals surface area contributed by atoms with Gasteiger partial charge in [-0.25, -0.2) is 9.59 Å². The number of carboxylic acids is 1. The van der Waals surface area contributed by atoms with Gasteiger partial charge in [-0.1, -0.05) is 50.2 Å². The number of halogens is 3. The number of piperidine rings is 3. The van der Waals surface area contributed by atoms with Crippen molar-refractivity contribution in [2.24, 2.45) is 5.92 Å². The SMILES string of the molecule is CCc1nn(-c2noc(C3CCN(CCC4CCN(C(=O)OC(C)(C)C)CC4)CC3)n2)c2ccccc12.CCc1nn(-c2noc(C3CCNCC3)n2)c2ccccc12.O=C(O)C(F)(F)F. The predicted molar refractivity (Wildman–Crippen MR) is 239 cm³/mol. The molecule has 0 aliphatic carbocycles. The fourth-order valence-corrected chi connectivity index (χ4v) is 8.61. The molecule has 9 rings (SSSR count). The molecule has 0 atom stereocenters. The van der Waals surface area contributed by atoms with Crippen LogP contribution in [0.15, 0.2) is 57.6 Å². The highest BCUT2D eigenvalue weighted by Gasteiger charge is 2.38. The van der Waals surface area contributed by atoms with Gasteiger partial charge in [-0.2, -0.15) is 42.7 Å². The van der Waals surface area contributed by atoms with Crippen LogP contribution in [0.3, 0.4) is 0 Å². The van der Waals surface area contributed by atoms with Crippen LogP contribution in [0.5, 0.6) is 0 Å². The average molecular weight is 920 g/mol. The number of carbonyl (C=O) groups is 2. The van der Waals surface area contributed by atoms with E-state index >= 15 is 0 Å². The summed E-state index contributed by atoms with van der Waals surface area (Å²) in [4.78, 5) is 35.0. The Morgan fingerprint density at radius 1 is 0.742 bits per heavy atom. The third-order valence-electron chi connectivity index (χ3n) is 12.2. The van der Waals surface area contributed by atoms with Crippen LogP contribution in [-0.2, 0) is 22.4 Å². The highest BCUT2D eigenvalue weighted by Crippen LogP contribution is 2.31. The van der Waals surface area contributed by atoms with Crippen molar-refractivity contribution in [2.75, 3.05) is 45.8 Å². The molecule has 0 bridgehead atoms. The van der Waals surface area contributed by atoms with Crippen LogP contribution >= 0.6 is 0 Å². The quantitative estimate of drug-likeness (QED) is 0.141. The molecule has 356 valence electrons. The van der Waals surface area contributed by atoms with E-state index in [1.807, 2.05) is 60.7 Å². The molecule has 3 saturated heterocycles. The van der Waals surface area contributed by atoms with Crippen LogP contribution in [-0.4, -0.2) is 124 Å². The molecule has 20 heteroatoms. The Labute approximate surface area is 381 Å². The molecule has 0 saturated carbocycles. The molecule has 4 aromatic heterocycles. The van der Waals surface area contributed by atoms with Gasteiger partial charge in [0.15, 0.2) is 0 Å². The van der Waals surface area contributed by atoms with E-state index < -0.39 is 17.7 Å². The maximum atomic E-state index is 12.3. The third kappa shape index (κ3) is 11.9. The van der Waals surface area contributed by atoms with Gasteiger partial charge in [-0.3, -0.25) is 0 Å². The Morgan fingerprint density at radius 2 is 1.21 bits per heavy atom. The van der Waals surface area contributed by atoms with Gasteiger partial charge in [0.1, 0.15) is 5.60 Å². The number of benzene rings is 2. The second kappa shape index (κ2) is 21.2. The molecule has 1 amide bonds. The summed E-state index contributed by atoms with van der Waals surface area (Å²) in [7, 11) is 0. The Hall–Kier alpha value is -5.89. The first kappa shape index (κ1) is 48.1. The average Bonchev–Trinajstić information content (AvgIpc) is 4.14. The first-order valence-corrected chi connectivity index (χ1v) is 22.9. The van der Waals surface area contributed by atoms with Crippen molar-refractivity contribution >= 4 is 33.9 Å². The summed E-state index contributed by atoms with van der Waals surface area (Å²) < 4.78 is 52.1. The van der Waals surface area contributed by atoms with Gasteiger partial charge in [0.05, 0.1) is 22.4 Å². The van der Waals surface area contributed by atoms with E-state index in [0.29, 0.717) is 29.7 Å². The molecule has 7 heterocycles. The lowest BCUT2D eigenvalue weighted by Crippen LogP contribution is -2.42. The van der Waals surface area contributed by atoms with E-state index in [1.165, 1.54) is 6.42 Å². The normalized spacial score (nSPS) is 17.1. The number of rotatable bonds is 9. The fourth-order valence-electron chi connectivity index (χ4n) is 8.61. The topological polar surface area (TPSA) is 196 Å². The number of fused-ring (bicyclic) bond motifs is 2. The Balaban J connectivity index is 0.000000188. The molecular formula is C46H60F3N11O6. The lowest BCUT2D eigenvalue weighted by atomic mass is 9.92. The molecule has 66 heavy (non-hydrogen) atoms. The molecule has 3 aliphatic rings. The minimum absolute atomic E-state index is 0.177. The van der Waals surface area contributed by atoms with Gasteiger partial charge in [0.25, 0.3) is 11.9 Å². The van der Waals surface area contributed by atoms with Gasteiger partial charge in [0, 0.05) is 35.7 Å². The van der Waals surface area contributed by atoms with E-state index in [0.717, 1.165) is 142 Å². The van der Waals surface area contributed by atoms with Gasteiger partial charge in [-0.15, -0.1) is 0 Å². The maximum absolute atomic E-state index is 12.3. The largest absolute Gasteiger partial charge is 0.490 e. The van der Waals surface area contributed by atoms with E-state index in [9.17, 15) is 18.0 Å². The monoisotopic (exact) mass is 919 g/mol. The number of para-hydroxylation sites is 2. The van der Waals surface area contributed by atoms with Crippen LogP contribution in [0.2, 0.25) is 0 Å². The highest BCUT2D eigenvalue weighted by atomic mass is 19.4. The molecule has 0 unspecified atom stereocenters. The molecule has 3 aliphatic heterocycles. The van der Waals surface area contributed by atoms with Gasteiger partial charge < -0.3 is 34.0 Å². The molecule has 0 spiro atoms. The van der Waals surface area contributed by atoms with E-state index in [1.54, 1.807) is 4.68 Å². The summed E-state index contributed by atoms with van der Waals surface area (Å²) in [5, 5.41) is 30.6. The fraction of sp³-hybridized carbons (Fsp3) is 0.565. The number of ether oxygens (including phenoxy) is 1. The van der Waals surface area contributed by atoms with Crippen LogP contribution < -0.4 is 5.32 Å². The number of aryl methyl sites for hydroxylation is 2. The second-order valence-electron chi connectivity index (χ2n) is 18.0. The molecule has 6 aromatic rings. The zero-order chi connectivity index (χ0) is 47.0. The number of carboxylic acid groups (broad SMARTS) is 1. The number of aliphatic carboxylic acids is 1. The van der Waals surface area contributed by atoms with Gasteiger partial charge in [0.2, 0.25) is 11.8 Å². The lowest BCUT2D eigenvalue weighted by Gasteiger charge is -2.35. The first-order chi connectivity index (χ1) is 31.6. The van der Waals surface area contributed by atoms with Crippen molar-refractivity contribution in [1.29, 1.82) is 0 Å². The smallest absolute Gasteiger partial charge is 0.475 e. The number of amides is 1. The van der Waals surface area contributed by atoms with Crippen molar-refractivity contribution in [3.05, 3.63) is 71.7 Å². The summed E-state index contributed by atoms with van der Waals surface area (Å²) >= 11 is 0. The third-order valence-corrected chi connectivity index (χ3v) is 12.2. The van der Waals surface area contributed by atoms with Crippen LogP contribution in [0.1, 0.15) is 115 Å². The summed E-state index contributed by atoms with van der Waals surface area (Å²) in [5.74, 6) is 1.07. The number of nitrogens with one attached hydrogen (secondary N) is 1. The summed E-state index contributed by atoms with van der Waals surface area (Å²) in [6, 6.07) is 16.4. The van der Waals surface area contributed by atoms with Crippen molar-refractivity contribution in [3.8, 4) is 11.9 Å². The Kier molecular flexibility index (Phi) is 15.4. The molecule has 17 nitrogen and oxygen atoms in total. The molecule has 2 N–H and O–H groups in total. The standard InChI is InChI=1S/C28H40N6O3.C16H19N5O.C2HF3O2/c1-5-23-22-8-6-7-9-24(22)34(30-23)26-29-25(37-31-26)21-13-16-32(17-14-21)15-10-20-11-18-33(19-12-20)27(35)36-28(2,3)4;1-2-13-12-5-3-4-6-14(12)21(19-13)16-18-15(22-20-16)11-7-9-17-10-8-11;3-2(4,5)1(6)7/h6-9,20-21H,5,10-19H2,1-4H3;3-6,11,17H,2,7-10H2,1H3;(H,6,7). The minimum Gasteiger partial charge on any atom is -0.475 e. The van der Waals surface area contributed by atoms with Crippen molar-refractivity contribution in [1.82, 2.24) is 55.0 Å². The second-order valence-corrected chi connectivity index (χ2v) is 18.0. The predicted octanol–water partition coefficient (Wildman–Crippen LogP) is 8.26. The molecule has 3 fully saturated rings. The first-order valence-electron chi connectivity index (χ1n) is 22.9. The van der Waals surface area contributed by atoms with Crippen molar-refractivity contribution in [3.63, 3.8) is 0 Å². The summed E-state index contributed by atoms with van der Waals surface area (Å²) in [6.45, 7) is 16.8. The molecule has 0 radical (unpaired) electrons. The zero-order valence-corrected chi connectivity index (χ0v) is 38.3. The van der Waals surface area contributed by atoms with E-state index in [4.69, 9.17) is 33.8 Å². The van der Waals surface area contributed by atoms with Crippen molar-refractivity contribution in [2.45, 2.75) is 116 Å². The van der Waals surface area contributed by atoms with E-state index in [2.05, 4.69) is 62.7 Å². The Morgan fingerprint density at radius 3 is 1.67 bits per heavy atom. The summed E-state index contributed by atoms with van der Waals surface area (Å²) in [6.07, 6.45) is 3.92. The number of carbonyl (C=O) groups excluding carboxylic acids is 1. The van der Waals surface area contributed by atoms with Gasteiger partial charge >= 0.3 is 18.2 Å². The Bertz CT molecular complexity index is 2520. The van der Waals surface area contributed by atoms with Crippen LogP contribution in [0.4, 0.5) is 18.0 Å². The van der Waals surface area contributed by atoms with Crippen LogP contribution in [0.25, 0.3) is 33.7 Å². The minimum atomic E-state index is -5.08. The van der Waals surface area contributed by atoms with Gasteiger partial charge in [-0.05, 0) is 140 Å². The summed E-state index contributed by atoms with van der Waals surface area (Å²) in [5.41, 5.74) is 3.71. The van der Waals surface area contributed by atoms with E-state index in [-0.39, 0.29) is 6.09 Å². The van der Waals surface area contributed by atoms with Crippen LogP contribution in [0, 0.1) is 5.92 Å². The number of hydrogen-bond donors (Lipinski definition) is 2. The lowest BCUT2D eigenvalue weighted by molar-refractivity contribution is -0.192. The zero-order valence-electron chi connectivity index (χ0n) is 38.3. The number of nitrogens with zero attached hydrogens (tertiary/aromatic N) is 10. The molecule has 2 aromatic carbocycles. The number of hydrogen-bond acceptors (Lipinski definition) is 13. The maximum Gasteiger partial charge on any atom is 0.490 e. The molecular weight excluding hydrogens is 860 g/mol. The van der Waals surface area contributed by atoms with Crippen molar-refractivity contribution < 1.29 is 41.6 Å². The number of alkyl halides is 3.